The van der Waals surface area contributed by atoms with Crippen molar-refractivity contribution in [2.75, 3.05) is 0 Å². The molecule has 0 aromatic carbocycles. The van der Waals surface area contributed by atoms with Gasteiger partial charge in [-0.1, -0.05) is 13.8 Å². The minimum atomic E-state index is 0. The standard InChI is InChI=1S/2C6H9N2.Zr/c2*1-4-5(2)7-8-6(4)3;/h2*1-3H3;/q2*-1;+2. The van der Waals surface area contributed by atoms with Crippen LogP contribution in [0.25, 0.3) is 0 Å². The molecular formula is C12H18N4Zr. The van der Waals surface area contributed by atoms with Crippen LogP contribution in [0.1, 0.15) is 33.9 Å². The molecule has 5 heteroatoms. The number of nitrogens with zero attached hydrogens (tertiary/aromatic N) is 4. The van der Waals surface area contributed by atoms with E-state index in [0.717, 1.165) is 22.8 Å². The van der Waals surface area contributed by atoms with Crippen molar-refractivity contribution in [2.45, 2.75) is 41.5 Å². The Bertz CT molecular complexity index is 388. The molecule has 0 unspecified atom stereocenters. The predicted molar refractivity (Wildman–Crippen MR) is 63.5 cm³/mol. The molecule has 0 saturated heterocycles. The van der Waals surface area contributed by atoms with Crippen LogP contribution in [0.4, 0.5) is 0 Å². The van der Waals surface area contributed by atoms with Gasteiger partial charge in [0.05, 0.1) is 0 Å². The summed E-state index contributed by atoms with van der Waals surface area (Å²) in [4.78, 5) is 0. The van der Waals surface area contributed by atoms with E-state index in [-0.39, 0.29) is 26.2 Å². The smallest absolute Gasteiger partial charge is 0.579 e. The summed E-state index contributed by atoms with van der Waals surface area (Å²) >= 11 is 0. The summed E-state index contributed by atoms with van der Waals surface area (Å²) in [5, 5.41) is 15.5. The normalized spacial score (nSPS) is 9.29. The van der Waals surface area contributed by atoms with E-state index in [1.54, 1.807) is 0 Å². The minimum absolute atomic E-state index is 0. The molecule has 90 valence electrons. The Kier molecular flexibility index (Phi) is 6.62. The molecule has 0 aliphatic heterocycles. The van der Waals surface area contributed by atoms with Crippen molar-refractivity contribution in [1.29, 1.82) is 0 Å². The van der Waals surface area contributed by atoms with Gasteiger partial charge in [0.1, 0.15) is 0 Å². The number of rotatable bonds is 0. The summed E-state index contributed by atoms with van der Waals surface area (Å²) in [5.41, 5.74) is 6.60. The third-order valence-corrected chi connectivity index (χ3v) is 2.87. The second-order valence-electron chi connectivity index (χ2n) is 3.99. The van der Waals surface area contributed by atoms with Crippen molar-refractivity contribution in [1.82, 2.24) is 20.4 Å². The number of hydrogen-bond acceptors (Lipinski definition) is 2. The maximum Gasteiger partial charge on any atom is 2.00 e. The molecular weight excluding hydrogens is 291 g/mol. The summed E-state index contributed by atoms with van der Waals surface area (Å²) in [6.45, 7) is 11.9. The van der Waals surface area contributed by atoms with Gasteiger partial charge in [0.2, 0.25) is 0 Å². The molecule has 2 rings (SSSR count). The molecule has 2 aromatic rings. The summed E-state index contributed by atoms with van der Waals surface area (Å²) in [6.07, 6.45) is 0. The average molecular weight is 310 g/mol. The number of aromatic nitrogens is 4. The van der Waals surface area contributed by atoms with Crippen molar-refractivity contribution in [2.24, 2.45) is 0 Å². The van der Waals surface area contributed by atoms with Crippen LogP contribution in [0, 0.1) is 41.5 Å². The van der Waals surface area contributed by atoms with E-state index < -0.39 is 0 Å². The van der Waals surface area contributed by atoms with E-state index in [1.807, 2.05) is 41.5 Å². The Labute approximate surface area is 122 Å². The molecule has 0 radical (unpaired) electrons. The largest absolute Gasteiger partial charge is 2.00 e. The van der Waals surface area contributed by atoms with Crippen LogP contribution in [0.5, 0.6) is 0 Å². The van der Waals surface area contributed by atoms with Crippen LogP contribution in [0.2, 0.25) is 0 Å². The Morgan fingerprint density at radius 2 is 0.941 bits per heavy atom. The average Bonchev–Trinajstić information content (AvgIpc) is 2.70. The fourth-order valence-corrected chi connectivity index (χ4v) is 1.12. The van der Waals surface area contributed by atoms with Gasteiger partial charge in [-0.15, -0.1) is 11.4 Å². The van der Waals surface area contributed by atoms with Crippen molar-refractivity contribution in [3.05, 3.63) is 33.9 Å². The van der Waals surface area contributed by atoms with Crippen molar-refractivity contribution >= 4 is 0 Å². The molecule has 0 fully saturated rings. The summed E-state index contributed by atoms with van der Waals surface area (Å²) in [5.74, 6) is 0. The predicted octanol–water partition coefficient (Wildman–Crippen LogP) is 1.93. The third-order valence-electron chi connectivity index (χ3n) is 2.87. The first-order valence-electron chi connectivity index (χ1n) is 5.29. The zero-order chi connectivity index (χ0) is 12.3. The summed E-state index contributed by atoms with van der Waals surface area (Å²) in [6, 6.07) is 0. The van der Waals surface area contributed by atoms with Gasteiger partial charge in [-0.3, -0.25) is 0 Å². The minimum Gasteiger partial charge on any atom is -0.579 e. The second-order valence-corrected chi connectivity index (χ2v) is 3.99. The monoisotopic (exact) mass is 308 g/mol. The van der Waals surface area contributed by atoms with Gasteiger partial charge < -0.3 is 20.4 Å². The van der Waals surface area contributed by atoms with Gasteiger partial charge in [-0.05, 0) is 38.8 Å². The van der Waals surface area contributed by atoms with E-state index in [4.69, 9.17) is 0 Å². The third kappa shape index (κ3) is 4.23. The van der Waals surface area contributed by atoms with Crippen LogP contribution < -0.4 is 10.2 Å². The fraction of sp³-hybridized carbons (Fsp3) is 0.500. The zero-order valence-corrected chi connectivity index (χ0v) is 13.7. The molecule has 2 heterocycles. The maximum absolute atomic E-state index is 3.87. The molecule has 0 bridgehead atoms. The Morgan fingerprint density at radius 3 is 1.00 bits per heavy atom. The van der Waals surface area contributed by atoms with Gasteiger partial charge in [0.25, 0.3) is 0 Å². The van der Waals surface area contributed by atoms with E-state index in [9.17, 15) is 0 Å². The molecule has 0 aliphatic carbocycles. The van der Waals surface area contributed by atoms with Crippen LogP contribution in [-0.4, -0.2) is 10.2 Å². The van der Waals surface area contributed by atoms with Crippen molar-refractivity contribution in [3.8, 4) is 0 Å². The van der Waals surface area contributed by atoms with Crippen LogP contribution in [0.15, 0.2) is 0 Å². The van der Waals surface area contributed by atoms with E-state index in [1.165, 1.54) is 11.1 Å². The molecule has 2 aromatic heterocycles. The van der Waals surface area contributed by atoms with Crippen LogP contribution in [0.3, 0.4) is 0 Å². The quantitative estimate of drug-likeness (QED) is 0.746. The number of aryl methyl sites for hydroxylation is 4. The molecule has 0 amide bonds. The maximum atomic E-state index is 3.87. The van der Waals surface area contributed by atoms with Gasteiger partial charge in [0.15, 0.2) is 0 Å². The summed E-state index contributed by atoms with van der Waals surface area (Å²) in [7, 11) is 0. The number of hydrogen-bond donors (Lipinski definition) is 0. The zero-order valence-electron chi connectivity index (χ0n) is 11.3. The van der Waals surface area contributed by atoms with Crippen LogP contribution >= 0.6 is 0 Å². The van der Waals surface area contributed by atoms with Gasteiger partial charge in [0, 0.05) is 11.4 Å². The van der Waals surface area contributed by atoms with E-state index in [0.29, 0.717) is 0 Å². The first kappa shape index (κ1) is 16.3. The fourth-order valence-electron chi connectivity index (χ4n) is 1.12. The van der Waals surface area contributed by atoms with Gasteiger partial charge in [-0.25, -0.2) is 0 Å². The van der Waals surface area contributed by atoms with Gasteiger partial charge >= 0.3 is 26.2 Å². The Hall–Kier alpha value is -0.697. The first-order valence-corrected chi connectivity index (χ1v) is 5.29. The molecule has 4 nitrogen and oxygen atoms in total. The van der Waals surface area contributed by atoms with Crippen molar-refractivity contribution in [3.63, 3.8) is 0 Å². The van der Waals surface area contributed by atoms with Gasteiger partial charge in [-0.2, -0.15) is 0 Å². The second kappa shape index (κ2) is 6.90. The molecule has 0 atom stereocenters. The first-order chi connectivity index (χ1) is 7.43. The van der Waals surface area contributed by atoms with E-state index in [2.05, 4.69) is 20.4 Å². The van der Waals surface area contributed by atoms with Crippen LogP contribution in [-0.2, 0) is 26.2 Å². The molecule has 0 aliphatic rings. The topological polar surface area (TPSA) is 54.0 Å². The molecule has 17 heavy (non-hydrogen) atoms. The summed E-state index contributed by atoms with van der Waals surface area (Å²) < 4.78 is 0. The molecule has 0 N–H and O–H groups in total. The van der Waals surface area contributed by atoms with E-state index >= 15 is 0 Å². The van der Waals surface area contributed by atoms with Crippen molar-refractivity contribution < 1.29 is 26.2 Å². The Balaban J connectivity index is 0.000000284. The Morgan fingerprint density at radius 1 is 0.647 bits per heavy atom. The molecule has 0 saturated carbocycles. The SMILES string of the molecule is Cc1n[n-]c(C)c1C.Cc1n[n-]c(C)c1C.[Zr+2]. The molecule has 0 spiro atoms.